The predicted octanol–water partition coefficient (Wildman–Crippen LogP) is 1.53. The number of benzene rings is 1. The van der Waals surface area contributed by atoms with Crippen molar-refractivity contribution in [3.63, 3.8) is 0 Å². The van der Waals surface area contributed by atoms with Crippen molar-refractivity contribution >= 4 is 12.2 Å². The molecule has 0 bridgehead atoms. The summed E-state index contributed by atoms with van der Waals surface area (Å²) in [5.74, 6) is 0. The average molecular weight is 207 g/mol. The lowest BCUT2D eigenvalue weighted by molar-refractivity contribution is 0.964. The summed E-state index contributed by atoms with van der Waals surface area (Å²) in [6, 6.07) is 7.58. The third kappa shape index (κ3) is 1.31. The van der Waals surface area contributed by atoms with Gasteiger partial charge in [-0.2, -0.15) is 0 Å². The maximum atomic E-state index is 11.4. The number of hydrogen-bond donors (Lipinski definition) is 2. The fraction of sp³-hybridized carbons (Fsp3) is 0.111. The molecule has 0 aliphatic heterocycles. The summed E-state index contributed by atoms with van der Waals surface area (Å²) in [4.78, 5) is 11.4. The predicted molar refractivity (Wildman–Crippen MR) is 56.3 cm³/mol. The topological polar surface area (TPSA) is 53.6 Å². The van der Waals surface area contributed by atoms with Crippen LogP contribution in [0.4, 0.5) is 0 Å². The van der Waals surface area contributed by atoms with Crippen LogP contribution < -0.4 is 5.69 Å². The van der Waals surface area contributed by atoms with Gasteiger partial charge in [0.2, 0.25) is 4.77 Å². The Labute approximate surface area is 85.2 Å². The molecule has 1 aromatic carbocycles. The summed E-state index contributed by atoms with van der Waals surface area (Å²) in [5.41, 5.74) is 1.57. The molecule has 2 aromatic rings. The van der Waals surface area contributed by atoms with Gasteiger partial charge in [0.25, 0.3) is 0 Å². The lowest BCUT2D eigenvalue weighted by Gasteiger charge is -2.03. The van der Waals surface area contributed by atoms with Gasteiger partial charge in [0.05, 0.1) is 5.69 Å². The highest BCUT2D eigenvalue weighted by atomic mass is 32.1. The second kappa shape index (κ2) is 3.26. The summed E-state index contributed by atoms with van der Waals surface area (Å²) in [5, 5.41) is 5.04. The Hall–Kier alpha value is -1.62. The number of aromatic amines is 2. The van der Waals surface area contributed by atoms with Crippen molar-refractivity contribution in [2.24, 2.45) is 0 Å². The number of aromatic nitrogens is 3. The summed E-state index contributed by atoms with van der Waals surface area (Å²) < 4.78 is 1.81. The maximum absolute atomic E-state index is 11.4. The highest BCUT2D eigenvalue weighted by Gasteiger charge is 2.04. The minimum absolute atomic E-state index is 0.246. The van der Waals surface area contributed by atoms with Crippen LogP contribution in [0.1, 0.15) is 5.56 Å². The monoisotopic (exact) mass is 207 g/mol. The first-order chi connectivity index (χ1) is 6.70. The van der Waals surface area contributed by atoms with Gasteiger partial charge in [0.15, 0.2) is 0 Å². The Morgan fingerprint density at radius 1 is 1.29 bits per heavy atom. The van der Waals surface area contributed by atoms with Crippen LogP contribution in [0.5, 0.6) is 0 Å². The fourth-order valence-electron chi connectivity index (χ4n) is 1.34. The van der Waals surface area contributed by atoms with E-state index in [0.717, 1.165) is 11.3 Å². The zero-order valence-electron chi connectivity index (χ0n) is 7.57. The van der Waals surface area contributed by atoms with E-state index in [-0.39, 0.29) is 5.69 Å². The Morgan fingerprint density at radius 2 is 2.00 bits per heavy atom. The van der Waals surface area contributed by atoms with Gasteiger partial charge in [-0.3, -0.25) is 5.10 Å². The molecule has 2 N–H and O–H groups in total. The first-order valence-electron chi connectivity index (χ1n) is 4.16. The minimum atomic E-state index is -0.246. The number of H-pyrrole nitrogens is 2. The van der Waals surface area contributed by atoms with Gasteiger partial charge in [0, 0.05) is 0 Å². The van der Waals surface area contributed by atoms with Gasteiger partial charge in [-0.1, -0.05) is 18.2 Å². The molecule has 0 radical (unpaired) electrons. The summed E-state index contributed by atoms with van der Waals surface area (Å²) >= 11 is 4.99. The van der Waals surface area contributed by atoms with Gasteiger partial charge >= 0.3 is 5.69 Å². The van der Waals surface area contributed by atoms with Gasteiger partial charge in [-0.15, -0.1) is 0 Å². The summed E-state index contributed by atoms with van der Waals surface area (Å²) in [7, 11) is 0. The number of nitrogens with one attached hydrogen (secondary N) is 2. The molecule has 4 nitrogen and oxygen atoms in total. The molecule has 0 aliphatic rings. The average Bonchev–Trinajstić information content (AvgIpc) is 2.48. The summed E-state index contributed by atoms with van der Waals surface area (Å²) in [6.07, 6.45) is 0. The van der Waals surface area contributed by atoms with Crippen LogP contribution in [0.3, 0.4) is 0 Å². The molecule has 0 amide bonds. The van der Waals surface area contributed by atoms with Crippen molar-refractivity contribution in [1.82, 2.24) is 14.8 Å². The Kier molecular flexibility index (Phi) is 2.09. The Balaban J connectivity index is 2.79. The maximum Gasteiger partial charge on any atom is 0.347 e. The molecule has 14 heavy (non-hydrogen) atoms. The molecule has 0 saturated heterocycles. The molecule has 0 fully saturated rings. The third-order valence-corrected chi connectivity index (χ3v) is 2.32. The highest BCUT2D eigenvalue weighted by Crippen LogP contribution is 2.10. The van der Waals surface area contributed by atoms with E-state index < -0.39 is 0 Å². The van der Waals surface area contributed by atoms with E-state index in [4.69, 9.17) is 12.2 Å². The van der Waals surface area contributed by atoms with E-state index in [0.29, 0.717) is 4.77 Å². The highest BCUT2D eigenvalue weighted by molar-refractivity contribution is 7.71. The number of nitrogens with zero attached hydrogens (tertiary/aromatic N) is 1. The molecule has 0 saturated carbocycles. The number of para-hydroxylation sites is 1. The van der Waals surface area contributed by atoms with E-state index in [1.54, 1.807) is 0 Å². The van der Waals surface area contributed by atoms with E-state index in [1.807, 2.05) is 31.2 Å². The molecular weight excluding hydrogens is 198 g/mol. The Bertz CT molecular complexity index is 536. The second-order valence-corrected chi connectivity index (χ2v) is 3.37. The van der Waals surface area contributed by atoms with Gasteiger partial charge in [-0.25, -0.2) is 14.5 Å². The molecule has 2 rings (SSSR count). The quantitative estimate of drug-likeness (QED) is 0.697. The molecule has 0 spiro atoms. The van der Waals surface area contributed by atoms with Crippen molar-refractivity contribution in [2.75, 3.05) is 0 Å². The van der Waals surface area contributed by atoms with Crippen LogP contribution in [0.25, 0.3) is 5.69 Å². The minimum Gasteiger partial charge on any atom is -0.272 e. The van der Waals surface area contributed by atoms with E-state index in [2.05, 4.69) is 10.2 Å². The molecule has 0 unspecified atom stereocenters. The van der Waals surface area contributed by atoms with Crippen LogP contribution in [0, 0.1) is 11.7 Å². The van der Waals surface area contributed by atoms with E-state index in [1.165, 1.54) is 4.57 Å². The summed E-state index contributed by atoms with van der Waals surface area (Å²) in [6.45, 7) is 1.93. The second-order valence-electron chi connectivity index (χ2n) is 2.98. The van der Waals surface area contributed by atoms with Crippen LogP contribution in [-0.4, -0.2) is 14.8 Å². The van der Waals surface area contributed by atoms with Crippen molar-refractivity contribution < 1.29 is 0 Å². The van der Waals surface area contributed by atoms with E-state index in [9.17, 15) is 4.79 Å². The van der Waals surface area contributed by atoms with Crippen molar-refractivity contribution in [3.05, 3.63) is 45.1 Å². The lowest BCUT2D eigenvalue weighted by atomic mass is 10.2. The van der Waals surface area contributed by atoms with Crippen LogP contribution in [-0.2, 0) is 0 Å². The molecule has 1 heterocycles. The normalized spacial score (nSPS) is 10.4. The van der Waals surface area contributed by atoms with Gasteiger partial charge in [0.1, 0.15) is 0 Å². The van der Waals surface area contributed by atoms with E-state index >= 15 is 0 Å². The largest absolute Gasteiger partial charge is 0.347 e. The van der Waals surface area contributed by atoms with Gasteiger partial charge in [-0.05, 0) is 30.8 Å². The first-order valence-corrected chi connectivity index (χ1v) is 4.56. The Morgan fingerprint density at radius 3 is 2.57 bits per heavy atom. The van der Waals surface area contributed by atoms with Crippen LogP contribution >= 0.6 is 12.2 Å². The molecule has 1 aromatic heterocycles. The molecule has 0 atom stereocenters. The molecular formula is C9H9N3OS. The molecule has 5 heteroatoms. The number of rotatable bonds is 1. The van der Waals surface area contributed by atoms with Gasteiger partial charge < -0.3 is 0 Å². The number of hydrogen-bond acceptors (Lipinski definition) is 2. The number of aryl methyl sites for hydroxylation is 1. The first kappa shape index (κ1) is 8.96. The zero-order valence-corrected chi connectivity index (χ0v) is 8.39. The lowest BCUT2D eigenvalue weighted by Crippen LogP contribution is -2.15. The van der Waals surface area contributed by atoms with Crippen LogP contribution in [0.15, 0.2) is 29.1 Å². The standard InChI is InChI=1S/C9H9N3OS/c1-6-4-2-3-5-7(6)12-8(13)10-11-9(12)14/h2-5H,1H3,(H,10,13)(H,11,14). The molecule has 0 aliphatic carbocycles. The smallest absolute Gasteiger partial charge is 0.272 e. The van der Waals surface area contributed by atoms with Crippen molar-refractivity contribution in [2.45, 2.75) is 6.92 Å². The van der Waals surface area contributed by atoms with Crippen molar-refractivity contribution in [1.29, 1.82) is 0 Å². The zero-order chi connectivity index (χ0) is 10.1. The van der Waals surface area contributed by atoms with Crippen LogP contribution in [0.2, 0.25) is 0 Å². The fourth-order valence-corrected chi connectivity index (χ4v) is 1.58. The molecule has 72 valence electrons. The van der Waals surface area contributed by atoms with Crippen molar-refractivity contribution in [3.8, 4) is 5.69 Å². The third-order valence-electron chi connectivity index (χ3n) is 2.04. The SMILES string of the molecule is Cc1ccccc1-n1c(=O)[nH][nH]c1=S.